The Hall–Kier alpha value is -2.31. The summed E-state index contributed by atoms with van der Waals surface area (Å²) in [4.78, 5) is 21.4. The molecule has 0 saturated carbocycles. The number of nitrogens with zero attached hydrogens (tertiary/aromatic N) is 1. The molecule has 0 fully saturated rings. The first-order valence-electron chi connectivity index (χ1n) is 6.10. The van der Waals surface area contributed by atoms with E-state index in [1.54, 1.807) is 13.8 Å². The van der Waals surface area contributed by atoms with Gasteiger partial charge in [-0.05, 0) is 33.8 Å². The molecule has 0 spiro atoms. The summed E-state index contributed by atoms with van der Waals surface area (Å²) in [6.45, 7) is 6.51. The van der Waals surface area contributed by atoms with Crippen molar-refractivity contribution in [1.29, 1.82) is 0 Å². The number of hydrogen-bond donors (Lipinski definition) is 2. The topological polar surface area (TPSA) is 102 Å². The minimum atomic E-state index is -1.19. The zero-order valence-corrected chi connectivity index (χ0v) is 11.8. The molecule has 1 rings (SSSR count). The predicted molar refractivity (Wildman–Crippen MR) is 74.2 cm³/mol. The van der Waals surface area contributed by atoms with Gasteiger partial charge in [0.1, 0.15) is 5.54 Å². The Morgan fingerprint density at radius 1 is 1.45 bits per heavy atom. The molecule has 0 aliphatic carbocycles. The Labute approximate surface area is 116 Å². The lowest BCUT2D eigenvalue weighted by Crippen LogP contribution is -2.39. The van der Waals surface area contributed by atoms with Gasteiger partial charge < -0.3 is 15.2 Å². The zero-order valence-electron chi connectivity index (χ0n) is 11.8. The second-order valence-corrected chi connectivity index (χ2v) is 5.16. The summed E-state index contributed by atoms with van der Waals surface area (Å²) in [5.74, 6) is -0.918. The summed E-state index contributed by atoms with van der Waals surface area (Å²) in [7, 11) is 0. The zero-order chi connectivity index (χ0) is 15.5. The first-order valence-corrected chi connectivity index (χ1v) is 6.10. The van der Waals surface area contributed by atoms with Crippen LogP contribution in [0.4, 0.5) is 11.4 Å². The fourth-order valence-corrected chi connectivity index (χ4v) is 1.51. The molecule has 0 unspecified atom stereocenters. The molecule has 0 heterocycles. The molecule has 0 saturated heterocycles. The van der Waals surface area contributed by atoms with Crippen molar-refractivity contribution >= 4 is 17.3 Å². The highest BCUT2D eigenvalue weighted by molar-refractivity contribution is 5.82. The van der Waals surface area contributed by atoms with E-state index >= 15 is 0 Å². The smallest absolute Gasteiger partial charge is 0.328 e. The molecule has 0 atom stereocenters. The maximum absolute atomic E-state index is 11.1. The highest BCUT2D eigenvalue weighted by Gasteiger charge is 2.27. The molecule has 1 aromatic carbocycles. The molecule has 0 aromatic heterocycles. The van der Waals surface area contributed by atoms with Crippen LogP contribution in [0.25, 0.3) is 0 Å². The Morgan fingerprint density at radius 3 is 2.50 bits per heavy atom. The number of rotatable bonds is 6. The van der Waals surface area contributed by atoms with Crippen LogP contribution in [-0.2, 0) is 4.79 Å². The average molecular weight is 282 g/mol. The lowest BCUT2D eigenvalue weighted by Gasteiger charge is -2.23. The van der Waals surface area contributed by atoms with Gasteiger partial charge in [0.15, 0.2) is 5.75 Å². The van der Waals surface area contributed by atoms with Gasteiger partial charge in [-0.15, -0.1) is 0 Å². The van der Waals surface area contributed by atoms with Crippen molar-refractivity contribution in [2.24, 2.45) is 0 Å². The van der Waals surface area contributed by atoms with Gasteiger partial charge in [0.25, 0.3) is 0 Å². The molecule has 110 valence electrons. The van der Waals surface area contributed by atoms with Crippen LogP contribution in [0.15, 0.2) is 18.2 Å². The van der Waals surface area contributed by atoms with Crippen molar-refractivity contribution in [3.63, 3.8) is 0 Å². The summed E-state index contributed by atoms with van der Waals surface area (Å²) in [6, 6.07) is 4.18. The third-order valence-electron chi connectivity index (χ3n) is 2.51. The fourth-order valence-electron chi connectivity index (χ4n) is 1.51. The van der Waals surface area contributed by atoms with Crippen LogP contribution in [0.2, 0.25) is 0 Å². The van der Waals surface area contributed by atoms with E-state index in [-0.39, 0.29) is 17.5 Å². The van der Waals surface area contributed by atoms with Gasteiger partial charge in [-0.1, -0.05) is 0 Å². The summed E-state index contributed by atoms with van der Waals surface area (Å²) in [5, 5.41) is 22.8. The van der Waals surface area contributed by atoms with Gasteiger partial charge in [0.05, 0.1) is 11.0 Å². The molecule has 0 radical (unpaired) electrons. The number of hydrogen-bond acceptors (Lipinski definition) is 5. The summed E-state index contributed by atoms with van der Waals surface area (Å²) in [5.41, 5.74) is -0.901. The van der Waals surface area contributed by atoms with Crippen molar-refractivity contribution in [3.8, 4) is 5.75 Å². The van der Waals surface area contributed by atoms with E-state index < -0.39 is 16.4 Å². The highest BCUT2D eigenvalue weighted by Crippen LogP contribution is 2.32. The maximum Gasteiger partial charge on any atom is 0.328 e. The predicted octanol–water partition coefficient (Wildman–Crippen LogP) is 2.66. The van der Waals surface area contributed by atoms with Crippen molar-refractivity contribution in [2.45, 2.75) is 39.3 Å². The van der Waals surface area contributed by atoms with E-state index in [0.717, 1.165) is 0 Å². The third-order valence-corrected chi connectivity index (χ3v) is 2.51. The first-order chi connectivity index (χ1) is 9.13. The molecule has 0 aliphatic heterocycles. The number of carbonyl (C=O) groups is 1. The van der Waals surface area contributed by atoms with Crippen LogP contribution in [0.3, 0.4) is 0 Å². The van der Waals surface area contributed by atoms with Crippen molar-refractivity contribution in [1.82, 2.24) is 0 Å². The van der Waals surface area contributed by atoms with E-state index in [2.05, 4.69) is 5.32 Å². The molecule has 0 aliphatic rings. The van der Waals surface area contributed by atoms with Crippen molar-refractivity contribution < 1.29 is 19.6 Å². The van der Waals surface area contributed by atoms with Crippen LogP contribution < -0.4 is 10.1 Å². The van der Waals surface area contributed by atoms with Gasteiger partial charge in [0, 0.05) is 17.8 Å². The standard InChI is InChI=1S/C13H18N2O5/c1-8(2)20-11-7-9(5-6-10(11)15(18)19)14-13(3,4)12(16)17/h5-8,14H,1-4H3,(H,16,17). The Morgan fingerprint density at radius 2 is 2.05 bits per heavy atom. The Kier molecular flexibility index (Phi) is 4.54. The second kappa shape index (κ2) is 5.77. The minimum absolute atomic E-state index is 0.108. The molecule has 1 aromatic rings. The molecule has 7 nitrogen and oxygen atoms in total. The number of nitro groups is 1. The van der Waals surface area contributed by atoms with Crippen LogP contribution in [0, 0.1) is 10.1 Å². The number of nitro benzene ring substituents is 1. The fraction of sp³-hybridized carbons (Fsp3) is 0.462. The quantitative estimate of drug-likeness (QED) is 0.614. The Bertz CT molecular complexity index is 525. The SMILES string of the molecule is CC(C)Oc1cc(NC(C)(C)C(=O)O)ccc1[N+](=O)[O-]. The van der Waals surface area contributed by atoms with Crippen LogP contribution in [0.5, 0.6) is 5.75 Å². The van der Waals surface area contributed by atoms with E-state index in [1.165, 1.54) is 32.0 Å². The number of aliphatic carboxylic acids is 1. The van der Waals surface area contributed by atoms with E-state index in [9.17, 15) is 14.9 Å². The molecule has 2 N–H and O–H groups in total. The summed E-state index contributed by atoms with van der Waals surface area (Å²) in [6.07, 6.45) is -0.226. The summed E-state index contributed by atoms with van der Waals surface area (Å²) >= 11 is 0. The van der Waals surface area contributed by atoms with Gasteiger partial charge in [0.2, 0.25) is 0 Å². The van der Waals surface area contributed by atoms with Gasteiger partial charge in [-0.3, -0.25) is 10.1 Å². The second-order valence-electron chi connectivity index (χ2n) is 5.16. The lowest BCUT2D eigenvalue weighted by molar-refractivity contribution is -0.386. The van der Waals surface area contributed by atoms with E-state index in [0.29, 0.717) is 5.69 Å². The van der Waals surface area contributed by atoms with Crippen molar-refractivity contribution in [3.05, 3.63) is 28.3 Å². The largest absolute Gasteiger partial charge is 0.484 e. The van der Waals surface area contributed by atoms with Crippen LogP contribution in [0.1, 0.15) is 27.7 Å². The normalized spacial score (nSPS) is 11.2. The van der Waals surface area contributed by atoms with E-state index in [1.807, 2.05) is 0 Å². The molecular weight excluding hydrogens is 264 g/mol. The van der Waals surface area contributed by atoms with Crippen LogP contribution in [-0.4, -0.2) is 27.6 Å². The minimum Gasteiger partial charge on any atom is -0.484 e. The monoisotopic (exact) mass is 282 g/mol. The molecule has 7 heteroatoms. The van der Waals surface area contributed by atoms with Crippen molar-refractivity contribution in [2.75, 3.05) is 5.32 Å². The molecular formula is C13H18N2O5. The first kappa shape index (κ1) is 15.7. The number of carboxylic acid groups (broad SMARTS) is 1. The average Bonchev–Trinajstić information content (AvgIpc) is 2.26. The molecule has 20 heavy (non-hydrogen) atoms. The number of nitrogens with one attached hydrogen (secondary N) is 1. The van der Waals surface area contributed by atoms with Gasteiger partial charge in [-0.2, -0.15) is 0 Å². The van der Waals surface area contributed by atoms with E-state index in [4.69, 9.17) is 9.84 Å². The maximum atomic E-state index is 11.1. The number of benzene rings is 1. The number of carboxylic acids is 1. The number of ether oxygens (including phenoxy) is 1. The molecule has 0 bridgehead atoms. The van der Waals surface area contributed by atoms with Gasteiger partial charge in [-0.25, -0.2) is 4.79 Å². The van der Waals surface area contributed by atoms with Crippen LogP contribution >= 0.6 is 0 Å². The lowest BCUT2D eigenvalue weighted by atomic mass is 10.1. The third kappa shape index (κ3) is 3.84. The summed E-state index contributed by atoms with van der Waals surface area (Å²) < 4.78 is 5.39. The highest BCUT2D eigenvalue weighted by atomic mass is 16.6. The van der Waals surface area contributed by atoms with Gasteiger partial charge >= 0.3 is 11.7 Å². The molecule has 0 amide bonds. The Balaban J connectivity index is 3.12. The number of anilines is 1.